The average molecular weight is 272 g/mol. The van der Waals surface area contributed by atoms with Gasteiger partial charge in [0.25, 0.3) is 0 Å². The van der Waals surface area contributed by atoms with Crippen molar-refractivity contribution in [3.63, 3.8) is 0 Å². The van der Waals surface area contributed by atoms with Gasteiger partial charge < -0.3 is 16.4 Å². The number of aromatic nitrogens is 2. The Morgan fingerprint density at radius 3 is 3.00 bits per heavy atom. The molecule has 0 spiro atoms. The molecule has 1 unspecified atom stereocenters. The number of rotatable bonds is 6. The highest BCUT2D eigenvalue weighted by molar-refractivity contribution is 6.28. The largest absolute Gasteiger partial charge is 0.394 e. The number of carbonyl (C=O) groups excluding carboxylic acids is 1. The van der Waals surface area contributed by atoms with Gasteiger partial charge in [-0.1, -0.05) is 6.92 Å². The maximum Gasteiger partial charge on any atom is 0.224 e. The van der Waals surface area contributed by atoms with Crippen LogP contribution in [0.5, 0.6) is 0 Å². The first-order valence-corrected chi connectivity index (χ1v) is 6.22. The fraction of sp³-hybridized carbons (Fsp3) is 0.545. The van der Waals surface area contributed by atoms with Crippen molar-refractivity contribution in [2.75, 3.05) is 17.6 Å². The molecule has 0 aliphatic carbocycles. The highest BCUT2D eigenvalue weighted by Gasteiger charge is 2.06. The molecule has 0 aliphatic rings. The fourth-order valence-corrected chi connectivity index (χ4v) is 1.39. The lowest BCUT2D eigenvalue weighted by atomic mass is 10.2. The molecule has 7 heteroatoms. The standard InChI is InChI=1S/C11H18ClN5O/c1-3-7(2)16-9(18)4-5-14-10-8(13)6-15-11(12)17-10/h6-7H,3-5,13H2,1-2H3,(H,16,18)(H,14,15,17). The van der Waals surface area contributed by atoms with E-state index in [9.17, 15) is 4.79 Å². The molecule has 18 heavy (non-hydrogen) atoms. The topological polar surface area (TPSA) is 92.9 Å². The first-order chi connectivity index (χ1) is 8.52. The third-order valence-corrected chi connectivity index (χ3v) is 2.63. The minimum Gasteiger partial charge on any atom is -0.394 e. The molecule has 0 bridgehead atoms. The Balaban J connectivity index is 2.37. The Bertz CT molecular complexity index is 412. The van der Waals surface area contributed by atoms with E-state index in [2.05, 4.69) is 20.6 Å². The fourth-order valence-electron chi connectivity index (χ4n) is 1.25. The number of nitrogen functional groups attached to an aromatic ring is 1. The summed E-state index contributed by atoms with van der Waals surface area (Å²) >= 11 is 5.65. The second kappa shape index (κ2) is 7.00. The molecule has 0 aliphatic heterocycles. The molecule has 1 rings (SSSR count). The van der Waals surface area contributed by atoms with Crippen molar-refractivity contribution >= 4 is 29.0 Å². The normalized spacial score (nSPS) is 11.9. The Hall–Kier alpha value is -1.56. The number of nitrogens with two attached hydrogens (primary N) is 1. The van der Waals surface area contributed by atoms with Gasteiger partial charge in [0, 0.05) is 19.0 Å². The van der Waals surface area contributed by atoms with Gasteiger partial charge in [-0.2, -0.15) is 4.98 Å². The number of carbonyl (C=O) groups is 1. The zero-order valence-electron chi connectivity index (χ0n) is 10.5. The van der Waals surface area contributed by atoms with Crippen molar-refractivity contribution in [1.82, 2.24) is 15.3 Å². The quantitative estimate of drug-likeness (QED) is 0.681. The van der Waals surface area contributed by atoms with E-state index in [4.69, 9.17) is 17.3 Å². The molecule has 0 saturated carbocycles. The maximum atomic E-state index is 11.5. The monoisotopic (exact) mass is 271 g/mol. The molecule has 1 amide bonds. The Kier molecular flexibility index (Phi) is 5.64. The molecule has 0 radical (unpaired) electrons. The van der Waals surface area contributed by atoms with Gasteiger partial charge in [0.05, 0.1) is 11.9 Å². The maximum absolute atomic E-state index is 11.5. The predicted molar refractivity (Wildman–Crippen MR) is 72.5 cm³/mol. The van der Waals surface area contributed by atoms with Gasteiger partial charge in [0.1, 0.15) is 0 Å². The van der Waals surface area contributed by atoms with Crippen molar-refractivity contribution in [1.29, 1.82) is 0 Å². The SMILES string of the molecule is CCC(C)NC(=O)CCNc1nc(Cl)ncc1N. The molecule has 1 atom stereocenters. The third-order valence-electron chi connectivity index (χ3n) is 2.45. The van der Waals surface area contributed by atoms with Gasteiger partial charge in [-0.25, -0.2) is 4.98 Å². The first-order valence-electron chi connectivity index (χ1n) is 5.84. The Labute approximate surface area is 111 Å². The summed E-state index contributed by atoms with van der Waals surface area (Å²) in [6.45, 7) is 4.43. The number of anilines is 2. The lowest BCUT2D eigenvalue weighted by molar-refractivity contribution is -0.121. The summed E-state index contributed by atoms with van der Waals surface area (Å²) in [7, 11) is 0. The van der Waals surface area contributed by atoms with Crippen LogP contribution >= 0.6 is 11.6 Å². The highest BCUT2D eigenvalue weighted by Crippen LogP contribution is 2.15. The van der Waals surface area contributed by atoms with Gasteiger partial charge >= 0.3 is 0 Å². The van der Waals surface area contributed by atoms with Gasteiger partial charge in [-0.15, -0.1) is 0 Å². The summed E-state index contributed by atoms with van der Waals surface area (Å²) in [5.41, 5.74) is 6.07. The Morgan fingerprint density at radius 2 is 2.33 bits per heavy atom. The second-order valence-electron chi connectivity index (χ2n) is 4.00. The van der Waals surface area contributed by atoms with Crippen molar-refractivity contribution in [2.45, 2.75) is 32.7 Å². The lowest BCUT2D eigenvalue weighted by Crippen LogP contribution is -2.33. The van der Waals surface area contributed by atoms with Crippen LogP contribution in [0.25, 0.3) is 0 Å². The lowest BCUT2D eigenvalue weighted by Gasteiger charge is -2.12. The second-order valence-corrected chi connectivity index (χ2v) is 4.33. The Morgan fingerprint density at radius 1 is 1.61 bits per heavy atom. The molecule has 1 heterocycles. The number of amides is 1. The summed E-state index contributed by atoms with van der Waals surface area (Å²) in [5, 5.41) is 5.95. The number of halogens is 1. The van der Waals surface area contributed by atoms with E-state index in [1.165, 1.54) is 6.20 Å². The van der Waals surface area contributed by atoms with Gasteiger partial charge in [-0.05, 0) is 24.9 Å². The van der Waals surface area contributed by atoms with Crippen molar-refractivity contribution in [3.8, 4) is 0 Å². The molecule has 0 saturated heterocycles. The van der Waals surface area contributed by atoms with Gasteiger partial charge in [-0.3, -0.25) is 4.79 Å². The summed E-state index contributed by atoms with van der Waals surface area (Å²) < 4.78 is 0. The minimum atomic E-state index is -0.00410. The van der Waals surface area contributed by atoms with E-state index < -0.39 is 0 Å². The van der Waals surface area contributed by atoms with Crippen molar-refractivity contribution in [3.05, 3.63) is 11.5 Å². The molecule has 1 aromatic heterocycles. The third kappa shape index (κ3) is 4.75. The van der Waals surface area contributed by atoms with E-state index in [1.807, 2.05) is 13.8 Å². The van der Waals surface area contributed by atoms with E-state index >= 15 is 0 Å². The highest BCUT2D eigenvalue weighted by atomic mass is 35.5. The van der Waals surface area contributed by atoms with Crippen molar-refractivity contribution in [2.24, 2.45) is 0 Å². The summed E-state index contributed by atoms with van der Waals surface area (Å²) in [6.07, 6.45) is 2.69. The van der Waals surface area contributed by atoms with E-state index in [-0.39, 0.29) is 17.2 Å². The molecule has 100 valence electrons. The minimum absolute atomic E-state index is 0.00410. The molecule has 0 fully saturated rings. The zero-order chi connectivity index (χ0) is 13.5. The smallest absolute Gasteiger partial charge is 0.224 e. The molecule has 0 aromatic carbocycles. The van der Waals surface area contributed by atoms with Gasteiger partial charge in [0.15, 0.2) is 5.82 Å². The summed E-state index contributed by atoms with van der Waals surface area (Å²) in [4.78, 5) is 19.2. The molecule has 4 N–H and O–H groups in total. The van der Waals surface area contributed by atoms with Crippen LogP contribution in [-0.2, 0) is 4.79 Å². The first kappa shape index (κ1) is 14.5. The van der Waals surface area contributed by atoms with Gasteiger partial charge in [0.2, 0.25) is 11.2 Å². The van der Waals surface area contributed by atoms with Crippen LogP contribution in [-0.4, -0.2) is 28.5 Å². The zero-order valence-corrected chi connectivity index (χ0v) is 11.3. The summed E-state index contributed by atoms with van der Waals surface area (Å²) in [6, 6.07) is 0.191. The predicted octanol–water partition coefficient (Wildman–Crippen LogP) is 1.43. The van der Waals surface area contributed by atoms with Crippen LogP contribution in [0.1, 0.15) is 26.7 Å². The molecular formula is C11H18ClN5O. The van der Waals surface area contributed by atoms with Crippen molar-refractivity contribution < 1.29 is 4.79 Å². The number of hydrogen-bond donors (Lipinski definition) is 3. The number of hydrogen-bond acceptors (Lipinski definition) is 5. The molecule has 6 nitrogen and oxygen atoms in total. The molecule has 1 aromatic rings. The van der Waals surface area contributed by atoms with Crippen LogP contribution < -0.4 is 16.4 Å². The van der Waals surface area contributed by atoms with Crippen LogP contribution in [0.15, 0.2) is 6.20 Å². The van der Waals surface area contributed by atoms with E-state index in [0.717, 1.165) is 6.42 Å². The van der Waals surface area contributed by atoms with E-state index in [1.54, 1.807) is 0 Å². The number of nitrogens with zero attached hydrogens (tertiary/aromatic N) is 2. The average Bonchev–Trinajstić information content (AvgIpc) is 2.33. The van der Waals surface area contributed by atoms with Crippen LogP contribution in [0, 0.1) is 0 Å². The number of nitrogens with one attached hydrogen (secondary N) is 2. The van der Waals surface area contributed by atoms with Crippen LogP contribution in [0.2, 0.25) is 5.28 Å². The van der Waals surface area contributed by atoms with Crippen LogP contribution in [0.3, 0.4) is 0 Å². The van der Waals surface area contributed by atoms with E-state index in [0.29, 0.717) is 24.5 Å². The van der Waals surface area contributed by atoms with Crippen LogP contribution in [0.4, 0.5) is 11.5 Å². The molecular weight excluding hydrogens is 254 g/mol. The summed E-state index contributed by atoms with van der Waals surface area (Å²) in [5.74, 6) is 0.446.